The molecule has 0 unspecified atom stereocenters. The number of nitrogens with zero attached hydrogens (tertiary/aromatic N) is 1. The first kappa shape index (κ1) is 11.7. The zero-order valence-corrected chi connectivity index (χ0v) is 10.9. The first-order valence-electron chi connectivity index (χ1n) is 6.86. The van der Waals surface area contributed by atoms with Crippen molar-refractivity contribution < 1.29 is 4.79 Å². The molecule has 1 saturated heterocycles. The highest BCUT2D eigenvalue weighted by atomic mass is 16.2. The second kappa shape index (κ2) is 4.73. The van der Waals surface area contributed by atoms with E-state index in [1.165, 1.54) is 30.4 Å². The van der Waals surface area contributed by atoms with Crippen molar-refractivity contribution in [2.45, 2.75) is 25.7 Å². The minimum Gasteiger partial charge on any atom is -0.315 e. The van der Waals surface area contributed by atoms with E-state index in [-0.39, 0.29) is 11.8 Å². The molecule has 3 rings (SSSR count). The molecule has 1 aromatic rings. The summed E-state index contributed by atoms with van der Waals surface area (Å²) in [4.78, 5) is 14.0. The van der Waals surface area contributed by atoms with Crippen molar-refractivity contribution >= 4 is 11.6 Å². The van der Waals surface area contributed by atoms with Gasteiger partial charge in [-0.1, -0.05) is 6.07 Å². The number of carbonyl (C=O) groups excluding carboxylic acids is 1. The largest absolute Gasteiger partial charge is 0.315 e. The molecule has 0 saturated carbocycles. The van der Waals surface area contributed by atoms with Gasteiger partial charge in [-0.25, -0.2) is 0 Å². The van der Waals surface area contributed by atoms with Crippen LogP contribution in [0.15, 0.2) is 18.2 Å². The Balaban J connectivity index is 1.80. The molecule has 0 bridgehead atoms. The third kappa shape index (κ3) is 2.03. The van der Waals surface area contributed by atoms with Crippen LogP contribution in [0.3, 0.4) is 0 Å². The molecule has 1 aliphatic carbocycles. The smallest absolute Gasteiger partial charge is 0.232 e. The van der Waals surface area contributed by atoms with Crippen LogP contribution in [0, 0.1) is 5.92 Å². The second-order valence-corrected chi connectivity index (χ2v) is 5.41. The molecule has 3 nitrogen and oxygen atoms in total. The summed E-state index contributed by atoms with van der Waals surface area (Å²) >= 11 is 0. The molecule has 1 amide bonds. The van der Waals surface area contributed by atoms with Crippen molar-refractivity contribution in [1.29, 1.82) is 0 Å². The monoisotopic (exact) mass is 244 g/mol. The van der Waals surface area contributed by atoms with Gasteiger partial charge in [-0.15, -0.1) is 0 Å². The molecule has 2 aliphatic rings. The van der Waals surface area contributed by atoms with Crippen LogP contribution in [-0.2, 0) is 17.6 Å². The Morgan fingerprint density at radius 2 is 1.94 bits per heavy atom. The molecule has 3 heteroatoms. The van der Waals surface area contributed by atoms with Gasteiger partial charge in [0.2, 0.25) is 5.91 Å². The van der Waals surface area contributed by atoms with Crippen molar-refractivity contribution in [2.24, 2.45) is 5.92 Å². The number of fused-ring (bicyclic) bond motifs is 1. The van der Waals surface area contributed by atoms with Crippen LogP contribution in [-0.4, -0.2) is 26.0 Å². The van der Waals surface area contributed by atoms with E-state index in [1.54, 1.807) is 0 Å². The summed E-state index contributed by atoms with van der Waals surface area (Å²) < 4.78 is 0. The maximum absolute atomic E-state index is 12.2. The van der Waals surface area contributed by atoms with Crippen LogP contribution in [0.25, 0.3) is 0 Å². The minimum atomic E-state index is 0.172. The molecule has 0 spiro atoms. The fourth-order valence-electron chi connectivity index (χ4n) is 2.79. The summed E-state index contributed by atoms with van der Waals surface area (Å²) in [5.41, 5.74) is 3.95. The van der Waals surface area contributed by atoms with Crippen LogP contribution in [0.4, 0.5) is 5.69 Å². The summed E-state index contributed by atoms with van der Waals surface area (Å²) in [5, 5.41) is 3.15. The van der Waals surface area contributed by atoms with Gasteiger partial charge in [0.15, 0.2) is 0 Å². The molecule has 1 heterocycles. The van der Waals surface area contributed by atoms with Crippen LogP contribution in [0.5, 0.6) is 0 Å². The maximum atomic E-state index is 12.2. The van der Waals surface area contributed by atoms with Gasteiger partial charge in [0.1, 0.15) is 0 Å². The summed E-state index contributed by atoms with van der Waals surface area (Å²) in [6.45, 7) is 1.65. The fourth-order valence-corrected chi connectivity index (χ4v) is 2.79. The zero-order chi connectivity index (χ0) is 12.5. The molecule has 1 aliphatic heterocycles. The highest BCUT2D eigenvalue weighted by Crippen LogP contribution is 2.26. The van der Waals surface area contributed by atoms with Crippen molar-refractivity contribution in [3.8, 4) is 0 Å². The van der Waals surface area contributed by atoms with E-state index in [4.69, 9.17) is 0 Å². The van der Waals surface area contributed by atoms with E-state index < -0.39 is 0 Å². The molecule has 1 N–H and O–H groups in total. The van der Waals surface area contributed by atoms with E-state index in [0.717, 1.165) is 25.2 Å². The van der Waals surface area contributed by atoms with Gasteiger partial charge in [0.25, 0.3) is 0 Å². The van der Waals surface area contributed by atoms with Gasteiger partial charge in [-0.3, -0.25) is 4.79 Å². The summed E-state index contributed by atoms with van der Waals surface area (Å²) in [5.74, 6) is 0.413. The maximum Gasteiger partial charge on any atom is 0.232 e. The van der Waals surface area contributed by atoms with Crippen molar-refractivity contribution in [2.75, 3.05) is 25.0 Å². The number of rotatable bonds is 2. The van der Waals surface area contributed by atoms with Crippen LogP contribution < -0.4 is 10.2 Å². The van der Waals surface area contributed by atoms with Gasteiger partial charge >= 0.3 is 0 Å². The van der Waals surface area contributed by atoms with E-state index >= 15 is 0 Å². The second-order valence-electron chi connectivity index (χ2n) is 5.41. The third-order valence-corrected chi connectivity index (χ3v) is 4.18. The number of nitrogens with one attached hydrogen (secondary N) is 1. The number of hydrogen-bond acceptors (Lipinski definition) is 2. The summed E-state index contributed by atoms with van der Waals surface area (Å²) in [6.07, 6.45) is 4.94. The number of carbonyl (C=O) groups is 1. The van der Waals surface area contributed by atoms with Gasteiger partial charge in [0, 0.05) is 25.8 Å². The normalized spacial score (nSPS) is 18.9. The molecule has 18 heavy (non-hydrogen) atoms. The van der Waals surface area contributed by atoms with Gasteiger partial charge in [-0.05, 0) is 48.9 Å². The average molecular weight is 244 g/mol. The molecule has 0 aromatic heterocycles. The molecule has 0 atom stereocenters. The lowest BCUT2D eigenvalue weighted by Gasteiger charge is -2.31. The SMILES string of the molecule is CN(C(=O)C1CNC1)c1ccc2c(c1)CCCC2. The summed E-state index contributed by atoms with van der Waals surface area (Å²) in [7, 11) is 1.89. The van der Waals surface area contributed by atoms with Gasteiger partial charge < -0.3 is 10.2 Å². The van der Waals surface area contributed by atoms with Crippen molar-refractivity contribution in [3.63, 3.8) is 0 Å². The van der Waals surface area contributed by atoms with Crippen molar-refractivity contribution in [1.82, 2.24) is 5.32 Å². The standard InChI is InChI=1S/C15H20N2O/c1-17(15(18)13-9-16-10-13)14-7-6-11-4-2-3-5-12(11)8-14/h6-8,13,16H,2-5,9-10H2,1H3. The van der Waals surface area contributed by atoms with Gasteiger partial charge in [0.05, 0.1) is 5.92 Å². The molecule has 96 valence electrons. The zero-order valence-electron chi connectivity index (χ0n) is 10.9. The Morgan fingerprint density at radius 3 is 2.61 bits per heavy atom. The topological polar surface area (TPSA) is 32.3 Å². The average Bonchev–Trinajstić information content (AvgIpc) is 2.35. The van der Waals surface area contributed by atoms with Crippen LogP contribution in [0.1, 0.15) is 24.0 Å². The highest BCUT2D eigenvalue weighted by Gasteiger charge is 2.28. The predicted octanol–water partition coefficient (Wildman–Crippen LogP) is 1.75. The minimum absolute atomic E-state index is 0.172. The number of benzene rings is 1. The molecule has 1 fully saturated rings. The Hall–Kier alpha value is -1.35. The predicted molar refractivity (Wildman–Crippen MR) is 72.9 cm³/mol. The van der Waals surface area contributed by atoms with Crippen LogP contribution in [0.2, 0.25) is 0 Å². The number of anilines is 1. The quantitative estimate of drug-likeness (QED) is 0.859. The number of amides is 1. The number of hydrogen-bond donors (Lipinski definition) is 1. The molecular formula is C15H20N2O. The Labute approximate surface area is 108 Å². The lowest BCUT2D eigenvalue weighted by Crippen LogP contribution is -2.51. The lowest BCUT2D eigenvalue weighted by atomic mass is 9.91. The first-order valence-corrected chi connectivity index (χ1v) is 6.86. The molecule has 1 aromatic carbocycles. The molecular weight excluding hydrogens is 224 g/mol. The lowest BCUT2D eigenvalue weighted by molar-refractivity contribution is -0.123. The first-order chi connectivity index (χ1) is 8.75. The Bertz CT molecular complexity index is 466. The highest BCUT2D eigenvalue weighted by molar-refractivity contribution is 5.95. The number of aryl methyl sites for hydroxylation is 2. The van der Waals surface area contributed by atoms with Gasteiger partial charge in [-0.2, -0.15) is 0 Å². The van der Waals surface area contributed by atoms with E-state index in [9.17, 15) is 4.79 Å². The Morgan fingerprint density at radius 1 is 1.22 bits per heavy atom. The van der Waals surface area contributed by atoms with E-state index in [2.05, 4.69) is 23.5 Å². The molecule has 0 radical (unpaired) electrons. The third-order valence-electron chi connectivity index (χ3n) is 4.18. The summed E-state index contributed by atoms with van der Waals surface area (Å²) in [6, 6.07) is 6.50. The Kier molecular flexibility index (Phi) is 3.08. The van der Waals surface area contributed by atoms with Crippen molar-refractivity contribution in [3.05, 3.63) is 29.3 Å². The van der Waals surface area contributed by atoms with E-state index in [1.807, 2.05) is 11.9 Å². The van der Waals surface area contributed by atoms with E-state index in [0.29, 0.717) is 0 Å². The fraction of sp³-hybridized carbons (Fsp3) is 0.533. The van der Waals surface area contributed by atoms with Crippen LogP contribution >= 0.6 is 0 Å².